The Morgan fingerprint density at radius 2 is 1.62 bits per heavy atom. The molecule has 0 atom stereocenters. The van der Waals surface area contributed by atoms with E-state index in [1.54, 1.807) is 0 Å². The zero-order valence-electron chi connectivity index (χ0n) is 11.5. The second kappa shape index (κ2) is 8.60. The van der Waals surface area contributed by atoms with Crippen LogP contribution in [0.5, 0.6) is 0 Å². The van der Waals surface area contributed by atoms with Crippen LogP contribution in [0.2, 0.25) is 0 Å². The van der Waals surface area contributed by atoms with Gasteiger partial charge in [-0.3, -0.25) is 4.79 Å². The van der Waals surface area contributed by atoms with E-state index in [4.69, 9.17) is 4.74 Å². The molecule has 0 unspecified atom stereocenters. The Morgan fingerprint density at radius 1 is 1.00 bits per heavy atom. The average molecular weight is 228 g/mol. The maximum Gasteiger partial charge on any atom is 0.311 e. The molecule has 0 aliphatic heterocycles. The minimum absolute atomic E-state index is 0.0372. The van der Waals surface area contributed by atoms with Gasteiger partial charge in [-0.2, -0.15) is 0 Å². The molecule has 0 amide bonds. The third-order valence-corrected chi connectivity index (χ3v) is 2.91. The molecule has 0 aliphatic carbocycles. The van der Waals surface area contributed by atoms with Gasteiger partial charge in [0.1, 0.15) is 0 Å². The highest BCUT2D eigenvalue weighted by atomic mass is 16.5. The predicted octanol–water partition coefficient (Wildman–Crippen LogP) is 4.33. The molecule has 0 saturated heterocycles. The molecule has 0 N–H and O–H groups in total. The smallest absolute Gasteiger partial charge is 0.311 e. The summed E-state index contributed by atoms with van der Waals surface area (Å²) >= 11 is 0. The van der Waals surface area contributed by atoms with E-state index in [1.165, 1.54) is 25.7 Å². The highest BCUT2D eigenvalue weighted by Crippen LogP contribution is 2.23. The lowest BCUT2D eigenvalue weighted by Crippen LogP contribution is -2.26. The molecule has 16 heavy (non-hydrogen) atoms. The molecular weight excluding hydrogens is 200 g/mol. The van der Waals surface area contributed by atoms with Crippen molar-refractivity contribution in [2.75, 3.05) is 6.61 Å². The summed E-state index contributed by atoms with van der Waals surface area (Å²) in [5.41, 5.74) is -0.307. The number of carbonyl (C=O) groups excluding carboxylic acids is 1. The van der Waals surface area contributed by atoms with Crippen LogP contribution in [0.25, 0.3) is 0 Å². The number of carbonyl (C=O) groups is 1. The van der Waals surface area contributed by atoms with Crippen molar-refractivity contribution < 1.29 is 9.53 Å². The largest absolute Gasteiger partial charge is 0.465 e. The van der Waals surface area contributed by atoms with Gasteiger partial charge in [0.05, 0.1) is 12.0 Å². The molecule has 0 saturated carbocycles. The summed E-state index contributed by atoms with van der Waals surface area (Å²) in [5, 5.41) is 0. The van der Waals surface area contributed by atoms with Crippen LogP contribution in [0, 0.1) is 5.41 Å². The first-order valence-electron chi connectivity index (χ1n) is 6.71. The van der Waals surface area contributed by atoms with Gasteiger partial charge >= 0.3 is 5.97 Å². The third-order valence-electron chi connectivity index (χ3n) is 2.91. The van der Waals surface area contributed by atoms with Crippen LogP contribution < -0.4 is 0 Å². The minimum atomic E-state index is -0.307. The first kappa shape index (κ1) is 15.5. The van der Waals surface area contributed by atoms with Gasteiger partial charge in [0.25, 0.3) is 0 Å². The fourth-order valence-electron chi connectivity index (χ4n) is 1.79. The molecule has 0 aromatic carbocycles. The quantitative estimate of drug-likeness (QED) is 0.434. The molecule has 2 nitrogen and oxygen atoms in total. The molecule has 0 aromatic rings. The van der Waals surface area contributed by atoms with Crippen LogP contribution in [0.3, 0.4) is 0 Å². The summed E-state index contributed by atoms with van der Waals surface area (Å²) in [6.07, 6.45) is 7.91. The van der Waals surface area contributed by atoms with Crippen LogP contribution in [-0.4, -0.2) is 12.6 Å². The van der Waals surface area contributed by atoms with E-state index in [-0.39, 0.29) is 11.4 Å². The Bertz CT molecular complexity index is 185. The molecule has 0 heterocycles. The molecule has 2 heteroatoms. The fraction of sp³-hybridized carbons (Fsp3) is 0.929. The van der Waals surface area contributed by atoms with Crippen LogP contribution >= 0.6 is 0 Å². The lowest BCUT2D eigenvalue weighted by atomic mass is 9.88. The third kappa shape index (κ3) is 6.86. The van der Waals surface area contributed by atoms with Crippen molar-refractivity contribution in [3.63, 3.8) is 0 Å². The van der Waals surface area contributed by atoms with E-state index in [1.807, 2.05) is 13.8 Å². The number of hydrogen-bond acceptors (Lipinski definition) is 2. The van der Waals surface area contributed by atoms with E-state index in [0.29, 0.717) is 6.61 Å². The maximum absolute atomic E-state index is 11.7. The summed E-state index contributed by atoms with van der Waals surface area (Å²) in [4.78, 5) is 11.7. The lowest BCUT2D eigenvalue weighted by molar-refractivity contribution is -0.154. The molecule has 96 valence electrons. The summed E-state index contributed by atoms with van der Waals surface area (Å²) in [6.45, 7) is 8.83. The van der Waals surface area contributed by atoms with Crippen molar-refractivity contribution >= 4 is 5.97 Å². The first-order chi connectivity index (χ1) is 7.54. The van der Waals surface area contributed by atoms with Gasteiger partial charge in [-0.15, -0.1) is 0 Å². The van der Waals surface area contributed by atoms with Crippen LogP contribution in [0.1, 0.15) is 72.6 Å². The van der Waals surface area contributed by atoms with E-state index in [9.17, 15) is 4.79 Å². The Kier molecular flexibility index (Phi) is 8.32. The summed E-state index contributed by atoms with van der Waals surface area (Å²) in [6, 6.07) is 0. The van der Waals surface area contributed by atoms with Gasteiger partial charge in [-0.1, -0.05) is 46.0 Å². The van der Waals surface area contributed by atoms with Crippen molar-refractivity contribution in [3.05, 3.63) is 0 Å². The number of hydrogen-bond donors (Lipinski definition) is 0. The minimum Gasteiger partial charge on any atom is -0.465 e. The van der Waals surface area contributed by atoms with E-state index >= 15 is 0 Å². The summed E-state index contributed by atoms with van der Waals surface area (Å²) in [7, 11) is 0. The second-order valence-corrected chi connectivity index (χ2v) is 5.18. The maximum atomic E-state index is 11.7. The highest BCUT2D eigenvalue weighted by Gasteiger charge is 2.27. The molecule has 0 aliphatic rings. The van der Waals surface area contributed by atoms with Crippen molar-refractivity contribution in [2.45, 2.75) is 72.6 Å². The lowest BCUT2D eigenvalue weighted by Gasteiger charge is -2.21. The van der Waals surface area contributed by atoms with E-state index < -0.39 is 0 Å². The van der Waals surface area contributed by atoms with Gasteiger partial charge in [0.2, 0.25) is 0 Å². The van der Waals surface area contributed by atoms with E-state index in [0.717, 1.165) is 19.3 Å². The second-order valence-electron chi connectivity index (χ2n) is 5.18. The highest BCUT2D eigenvalue weighted by molar-refractivity contribution is 5.75. The molecular formula is C14H28O2. The normalized spacial score (nSPS) is 11.5. The molecule has 0 radical (unpaired) electrons. The molecule has 0 bridgehead atoms. The molecule has 0 rings (SSSR count). The Hall–Kier alpha value is -0.530. The predicted molar refractivity (Wildman–Crippen MR) is 68.4 cm³/mol. The molecule has 0 spiro atoms. The summed E-state index contributed by atoms with van der Waals surface area (Å²) < 4.78 is 5.30. The number of esters is 1. The van der Waals surface area contributed by atoms with Gasteiger partial charge < -0.3 is 4.74 Å². The average Bonchev–Trinajstić information content (AvgIpc) is 2.22. The van der Waals surface area contributed by atoms with Crippen LogP contribution in [0.15, 0.2) is 0 Å². The molecule has 0 aromatic heterocycles. The Morgan fingerprint density at radius 3 is 2.19 bits per heavy atom. The van der Waals surface area contributed by atoms with Crippen molar-refractivity contribution in [2.24, 2.45) is 5.41 Å². The first-order valence-corrected chi connectivity index (χ1v) is 6.71. The van der Waals surface area contributed by atoms with Gasteiger partial charge in [-0.25, -0.2) is 0 Å². The van der Waals surface area contributed by atoms with Gasteiger partial charge in [-0.05, 0) is 26.7 Å². The topological polar surface area (TPSA) is 26.3 Å². The Balaban J connectivity index is 3.57. The zero-order chi connectivity index (χ0) is 12.4. The van der Waals surface area contributed by atoms with Crippen molar-refractivity contribution in [1.82, 2.24) is 0 Å². The van der Waals surface area contributed by atoms with Gasteiger partial charge in [0, 0.05) is 0 Å². The van der Waals surface area contributed by atoms with Crippen LogP contribution in [0.4, 0.5) is 0 Å². The van der Waals surface area contributed by atoms with Gasteiger partial charge in [0.15, 0.2) is 0 Å². The Labute approximate surface area is 101 Å². The van der Waals surface area contributed by atoms with E-state index in [2.05, 4.69) is 13.8 Å². The zero-order valence-corrected chi connectivity index (χ0v) is 11.5. The standard InChI is InChI=1S/C14H28O2/c1-5-7-8-9-10-12-16-13(15)14(3,4)11-6-2/h5-12H2,1-4H3. The molecule has 0 fully saturated rings. The fourth-order valence-corrected chi connectivity index (χ4v) is 1.79. The number of unbranched alkanes of at least 4 members (excludes halogenated alkanes) is 4. The van der Waals surface area contributed by atoms with Crippen molar-refractivity contribution in [3.8, 4) is 0 Å². The SMILES string of the molecule is CCCCCCCOC(=O)C(C)(C)CCC. The van der Waals surface area contributed by atoms with Crippen LogP contribution in [-0.2, 0) is 9.53 Å². The van der Waals surface area contributed by atoms with Crippen molar-refractivity contribution in [1.29, 1.82) is 0 Å². The number of rotatable bonds is 9. The summed E-state index contributed by atoms with van der Waals surface area (Å²) in [5.74, 6) is -0.0372. The number of ether oxygens (including phenoxy) is 1. The monoisotopic (exact) mass is 228 g/mol.